The molecule has 2 N–H and O–H groups in total. The zero-order valence-electron chi connectivity index (χ0n) is 12.8. The zero-order valence-corrected chi connectivity index (χ0v) is 14.3. The van der Waals surface area contributed by atoms with Gasteiger partial charge in [-0.25, -0.2) is 5.43 Å². The molecule has 0 aliphatic rings. The summed E-state index contributed by atoms with van der Waals surface area (Å²) in [5.41, 5.74) is 5.51. The molecule has 0 aliphatic heterocycles. The van der Waals surface area contributed by atoms with Crippen LogP contribution in [0.15, 0.2) is 52.0 Å². The minimum atomic E-state index is -0.820. The van der Waals surface area contributed by atoms with Crippen molar-refractivity contribution >= 4 is 39.6 Å². The van der Waals surface area contributed by atoms with Gasteiger partial charge in [0.1, 0.15) is 0 Å². The van der Waals surface area contributed by atoms with E-state index in [4.69, 9.17) is 0 Å². The number of amides is 2. The van der Waals surface area contributed by atoms with Crippen molar-refractivity contribution in [1.29, 1.82) is 0 Å². The molecule has 0 aliphatic carbocycles. The fourth-order valence-corrected chi connectivity index (χ4v) is 2.08. The number of aryl methyl sites for hydroxylation is 2. The zero-order chi connectivity index (χ0) is 16.8. The Morgan fingerprint density at radius 2 is 1.74 bits per heavy atom. The van der Waals surface area contributed by atoms with Gasteiger partial charge in [-0.15, -0.1) is 0 Å². The Hall–Kier alpha value is -2.47. The van der Waals surface area contributed by atoms with Crippen LogP contribution in [0.2, 0.25) is 0 Å². The van der Waals surface area contributed by atoms with E-state index < -0.39 is 11.8 Å². The maximum Gasteiger partial charge on any atom is 0.329 e. The molecule has 0 heterocycles. The summed E-state index contributed by atoms with van der Waals surface area (Å²) in [7, 11) is 0. The highest BCUT2D eigenvalue weighted by atomic mass is 79.9. The van der Waals surface area contributed by atoms with Crippen LogP contribution < -0.4 is 10.7 Å². The summed E-state index contributed by atoms with van der Waals surface area (Å²) in [5, 5.41) is 6.35. The lowest BCUT2D eigenvalue weighted by Gasteiger charge is -2.08. The van der Waals surface area contributed by atoms with Crippen LogP contribution in [0.3, 0.4) is 0 Å². The van der Waals surface area contributed by atoms with Crippen LogP contribution in [0.25, 0.3) is 0 Å². The number of rotatable bonds is 3. The van der Waals surface area contributed by atoms with Crippen LogP contribution in [0, 0.1) is 13.8 Å². The van der Waals surface area contributed by atoms with Gasteiger partial charge in [0.15, 0.2) is 0 Å². The highest BCUT2D eigenvalue weighted by molar-refractivity contribution is 9.10. The van der Waals surface area contributed by atoms with Crippen LogP contribution in [-0.4, -0.2) is 18.0 Å². The third kappa shape index (κ3) is 5.03. The van der Waals surface area contributed by atoms with Gasteiger partial charge in [-0.3, -0.25) is 9.59 Å². The predicted octanol–water partition coefficient (Wildman–Crippen LogP) is 3.15. The first-order valence-electron chi connectivity index (χ1n) is 6.93. The number of carbonyl (C=O) groups excluding carboxylic acids is 2. The molecule has 0 saturated heterocycles. The molecule has 2 rings (SSSR count). The van der Waals surface area contributed by atoms with E-state index in [0.717, 1.165) is 21.2 Å². The Kier molecular flexibility index (Phi) is 5.65. The van der Waals surface area contributed by atoms with Gasteiger partial charge >= 0.3 is 11.8 Å². The molecule has 6 heteroatoms. The number of nitrogens with zero attached hydrogens (tertiary/aromatic N) is 1. The molecule has 0 saturated carbocycles. The first-order chi connectivity index (χ1) is 11.0. The number of anilines is 1. The van der Waals surface area contributed by atoms with Gasteiger partial charge in [0.25, 0.3) is 0 Å². The monoisotopic (exact) mass is 373 g/mol. The quantitative estimate of drug-likeness (QED) is 0.492. The molecular formula is C17H16BrN3O2. The fourth-order valence-electron chi connectivity index (χ4n) is 1.81. The third-order valence-electron chi connectivity index (χ3n) is 3.10. The second kappa shape index (κ2) is 7.69. The first kappa shape index (κ1) is 16.9. The minimum Gasteiger partial charge on any atom is -0.317 e. The van der Waals surface area contributed by atoms with Gasteiger partial charge in [-0.05, 0) is 48.7 Å². The topological polar surface area (TPSA) is 70.6 Å². The highest BCUT2D eigenvalue weighted by Gasteiger charge is 2.13. The van der Waals surface area contributed by atoms with E-state index in [9.17, 15) is 9.59 Å². The van der Waals surface area contributed by atoms with Gasteiger partial charge in [0, 0.05) is 10.2 Å². The second-order valence-corrected chi connectivity index (χ2v) is 5.94. The average Bonchev–Trinajstić information content (AvgIpc) is 2.52. The Balaban J connectivity index is 1.93. The summed E-state index contributed by atoms with van der Waals surface area (Å²) in [6.07, 6.45) is 1.47. The van der Waals surface area contributed by atoms with E-state index >= 15 is 0 Å². The third-order valence-corrected chi connectivity index (χ3v) is 3.63. The summed E-state index contributed by atoms with van der Waals surface area (Å²) in [6, 6.07) is 13.0. The molecule has 2 amide bonds. The number of nitrogens with one attached hydrogen (secondary N) is 2. The Bertz CT molecular complexity index is 755. The lowest BCUT2D eigenvalue weighted by molar-refractivity contribution is -0.136. The van der Waals surface area contributed by atoms with Gasteiger partial charge in [0.2, 0.25) is 0 Å². The lowest BCUT2D eigenvalue weighted by atomic mass is 10.1. The number of halogens is 1. The molecule has 118 valence electrons. The largest absolute Gasteiger partial charge is 0.329 e. The van der Waals surface area contributed by atoms with Gasteiger partial charge in [-0.1, -0.05) is 40.2 Å². The number of benzene rings is 2. The summed E-state index contributed by atoms with van der Waals surface area (Å²) >= 11 is 3.33. The van der Waals surface area contributed by atoms with E-state index in [1.54, 1.807) is 0 Å². The number of carbonyl (C=O) groups is 2. The molecule has 0 spiro atoms. The standard InChI is InChI=1S/C17H16BrN3O2/c1-11-3-4-12(2)15(9-11)20-16(22)17(23)21-19-10-13-5-7-14(18)8-6-13/h3-10H,1-2H3,(H,20,22)(H,21,23). The number of hydrogen-bond acceptors (Lipinski definition) is 3. The van der Waals surface area contributed by atoms with Crippen LogP contribution in [0.5, 0.6) is 0 Å². The molecule has 2 aromatic rings. The maximum absolute atomic E-state index is 11.9. The number of hydrazone groups is 1. The van der Waals surface area contributed by atoms with Gasteiger partial charge in [-0.2, -0.15) is 5.10 Å². The van der Waals surface area contributed by atoms with Crippen molar-refractivity contribution in [3.05, 3.63) is 63.6 Å². The minimum absolute atomic E-state index is 0.613. The number of hydrogen-bond donors (Lipinski definition) is 2. The van der Waals surface area contributed by atoms with Gasteiger partial charge < -0.3 is 5.32 Å². The van der Waals surface area contributed by atoms with Crippen molar-refractivity contribution in [1.82, 2.24) is 5.43 Å². The molecule has 23 heavy (non-hydrogen) atoms. The summed E-state index contributed by atoms with van der Waals surface area (Å²) in [5.74, 6) is -1.58. The molecule has 0 fully saturated rings. The van der Waals surface area contributed by atoms with Crippen LogP contribution >= 0.6 is 15.9 Å². The van der Waals surface area contributed by atoms with E-state index in [1.807, 2.05) is 56.3 Å². The normalized spacial score (nSPS) is 10.6. The molecule has 0 atom stereocenters. The molecule has 5 nitrogen and oxygen atoms in total. The molecule has 0 unspecified atom stereocenters. The van der Waals surface area contributed by atoms with Crippen molar-refractivity contribution < 1.29 is 9.59 Å². The maximum atomic E-state index is 11.9. The Morgan fingerprint density at radius 1 is 1.04 bits per heavy atom. The van der Waals surface area contributed by atoms with E-state index in [1.165, 1.54) is 6.21 Å². The van der Waals surface area contributed by atoms with Crippen LogP contribution in [0.1, 0.15) is 16.7 Å². The second-order valence-electron chi connectivity index (χ2n) is 5.02. The first-order valence-corrected chi connectivity index (χ1v) is 7.72. The SMILES string of the molecule is Cc1ccc(C)c(NC(=O)C(=O)NN=Cc2ccc(Br)cc2)c1. The van der Waals surface area contributed by atoms with E-state index in [2.05, 4.69) is 31.8 Å². The Labute approximate surface area is 142 Å². The molecule has 0 radical (unpaired) electrons. The summed E-state index contributed by atoms with van der Waals surface area (Å²) in [6.45, 7) is 3.77. The van der Waals surface area contributed by atoms with Crippen molar-refractivity contribution in [2.24, 2.45) is 5.10 Å². The van der Waals surface area contributed by atoms with Crippen molar-refractivity contribution in [2.45, 2.75) is 13.8 Å². The van der Waals surface area contributed by atoms with Gasteiger partial charge in [0.05, 0.1) is 6.21 Å². The Morgan fingerprint density at radius 3 is 2.43 bits per heavy atom. The summed E-state index contributed by atoms with van der Waals surface area (Å²) < 4.78 is 0.951. The highest BCUT2D eigenvalue weighted by Crippen LogP contribution is 2.16. The van der Waals surface area contributed by atoms with E-state index in [0.29, 0.717) is 5.69 Å². The molecule has 0 bridgehead atoms. The fraction of sp³-hybridized carbons (Fsp3) is 0.118. The van der Waals surface area contributed by atoms with E-state index in [-0.39, 0.29) is 0 Å². The predicted molar refractivity (Wildman–Crippen MR) is 94.4 cm³/mol. The molecule has 0 aromatic heterocycles. The summed E-state index contributed by atoms with van der Waals surface area (Å²) in [4.78, 5) is 23.6. The van der Waals surface area contributed by atoms with Crippen LogP contribution in [0.4, 0.5) is 5.69 Å². The average molecular weight is 374 g/mol. The smallest absolute Gasteiger partial charge is 0.317 e. The van der Waals surface area contributed by atoms with Crippen molar-refractivity contribution in [2.75, 3.05) is 5.32 Å². The van der Waals surface area contributed by atoms with Crippen molar-refractivity contribution in [3.8, 4) is 0 Å². The lowest BCUT2D eigenvalue weighted by Crippen LogP contribution is -2.32. The van der Waals surface area contributed by atoms with Crippen LogP contribution in [-0.2, 0) is 9.59 Å². The molecule has 2 aromatic carbocycles. The van der Waals surface area contributed by atoms with Crippen molar-refractivity contribution in [3.63, 3.8) is 0 Å². The molecular weight excluding hydrogens is 358 g/mol.